The summed E-state index contributed by atoms with van der Waals surface area (Å²) in [6.45, 7) is 6.65. The molecular weight excluding hydrogens is 447 g/mol. The number of hydrogen-bond donors (Lipinski definition) is 1. The summed E-state index contributed by atoms with van der Waals surface area (Å²) in [5.74, 6) is 0.506. The van der Waals surface area contributed by atoms with Crippen molar-refractivity contribution in [2.24, 2.45) is 0 Å². The Balaban J connectivity index is 2.05. The van der Waals surface area contributed by atoms with E-state index in [1.807, 2.05) is 32.9 Å². The Morgan fingerprint density at radius 2 is 1.56 bits per heavy atom. The third kappa shape index (κ3) is 8.36. The minimum Gasteiger partial charge on any atom is -0.494 e. The third-order valence-corrected chi connectivity index (χ3v) is 5.77. The summed E-state index contributed by atoms with van der Waals surface area (Å²) in [6.07, 6.45) is 2.19. The second-order valence-corrected chi connectivity index (χ2v) is 8.67. The molecule has 5 nitrogen and oxygen atoms in total. The number of carbonyl (C=O) groups excluding carboxylic acids is 2. The first-order chi connectivity index (χ1) is 15.3. The van der Waals surface area contributed by atoms with E-state index in [0.717, 1.165) is 12.0 Å². The van der Waals surface area contributed by atoms with Crippen LogP contribution in [0.3, 0.4) is 0 Å². The average molecular weight is 479 g/mol. The van der Waals surface area contributed by atoms with Gasteiger partial charge in [0.25, 0.3) is 0 Å². The van der Waals surface area contributed by atoms with E-state index < -0.39 is 6.04 Å². The molecule has 2 aromatic rings. The molecule has 0 aromatic heterocycles. The van der Waals surface area contributed by atoms with Crippen molar-refractivity contribution in [3.8, 4) is 5.75 Å². The van der Waals surface area contributed by atoms with Crippen molar-refractivity contribution in [3.63, 3.8) is 0 Å². The van der Waals surface area contributed by atoms with Crippen molar-refractivity contribution >= 4 is 35.0 Å². The van der Waals surface area contributed by atoms with E-state index >= 15 is 0 Å². The van der Waals surface area contributed by atoms with E-state index in [9.17, 15) is 9.59 Å². The summed E-state index contributed by atoms with van der Waals surface area (Å²) in [5, 5.41) is 4.29. The van der Waals surface area contributed by atoms with Crippen molar-refractivity contribution in [1.29, 1.82) is 0 Å². The molecule has 0 aliphatic heterocycles. The minimum atomic E-state index is -0.538. The Kier molecular flexibility index (Phi) is 10.8. The van der Waals surface area contributed by atoms with Gasteiger partial charge in [-0.1, -0.05) is 49.2 Å². The fraction of sp³-hybridized carbons (Fsp3) is 0.440. The highest BCUT2D eigenvalue weighted by atomic mass is 35.5. The third-order valence-electron chi connectivity index (χ3n) is 5.27. The predicted octanol–water partition coefficient (Wildman–Crippen LogP) is 5.87. The zero-order valence-electron chi connectivity index (χ0n) is 18.9. The second-order valence-electron chi connectivity index (χ2n) is 7.80. The first-order valence-electron chi connectivity index (χ1n) is 11.1. The first kappa shape index (κ1) is 26.0. The molecule has 0 aliphatic carbocycles. The van der Waals surface area contributed by atoms with Crippen LogP contribution < -0.4 is 10.1 Å². The quantitative estimate of drug-likeness (QED) is 0.387. The van der Waals surface area contributed by atoms with Crippen LogP contribution in [0.4, 0.5) is 0 Å². The van der Waals surface area contributed by atoms with Gasteiger partial charge in [-0.15, -0.1) is 0 Å². The molecule has 174 valence electrons. The number of nitrogens with one attached hydrogen (secondary N) is 1. The molecule has 2 amide bonds. The molecule has 1 N–H and O–H groups in total. The summed E-state index contributed by atoms with van der Waals surface area (Å²) in [7, 11) is 0. The Hall–Kier alpha value is -2.24. The molecule has 7 heteroatoms. The van der Waals surface area contributed by atoms with Crippen LogP contribution in [-0.4, -0.2) is 35.4 Å². The van der Waals surface area contributed by atoms with E-state index in [-0.39, 0.29) is 24.3 Å². The van der Waals surface area contributed by atoms with E-state index in [0.29, 0.717) is 41.8 Å². The van der Waals surface area contributed by atoms with Crippen molar-refractivity contribution < 1.29 is 14.3 Å². The number of hydrogen-bond acceptors (Lipinski definition) is 3. The molecule has 32 heavy (non-hydrogen) atoms. The molecule has 2 atom stereocenters. The van der Waals surface area contributed by atoms with Gasteiger partial charge in [0.15, 0.2) is 0 Å². The van der Waals surface area contributed by atoms with E-state index in [4.69, 9.17) is 27.9 Å². The molecule has 2 aromatic carbocycles. The summed E-state index contributed by atoms with van der Waals surface area (Å²) in [6, 6.07) is 14.0. The highest BCUT2D eigenvalue weighted by Gasteiger charge is 2.28. The van der Waals surface area contributed by atoms with Crippen LogP contribution >= 0.6 is 23.2 Å². The number of ether oxygens (including phenoxy) is 1. The van der Waals surface area contributed by atoms with Crippen LogP contribution in [0.25, 0.3) is 0 Å². The zero-order valence-corrected chi connectivity index (χ0v) is 20.5. The van der Waals surface area contributed by atoms with Crippen LogP contribution in [0, 0.1) is 0 Å². The molecule has 0 heterocycles. The maximum Gasteiger partial charge on any atom is 0.243 e. The fourth-order valence-electron chi connectivity index (χ4n) is 3.23. The maximum atomic E-state index is 13.2. The average Bonchev–Trinajstić information content (AvgIpc) is 2.78. The number of benzene rings is 2. The van der Waals surface area contributed by atoms with Crippen LogP contribution in [0.2, 0.25) is 10.0 Å². The van der Waals surface area contributed by atoms with Crippen molar-refractivity contribution in [3.05, 3.63) is 64.1 Å². The summed E-state index contributed by atoms with van der Waals surface area (Å²) in [4.78, 5) is 27.8. The molecule has 0 unspecified atom stereocenters. The predicted molar refractivity (Wildman–Crippen MR) is 130 cm³/mol. The minimum absolute atomic E-state index is 0.0526. The number of halogens is 2. The van der Waals surface area contributed by atoms with Crippen LogP contribution in [-0.2, 0) is 16.1 Å². The van der Waals surface area contributed by atoms with E-state index in [1.165, 1.54) is 0 Å². The first-order valence-corrected chi connectivity index (χ1v) is 11.8. The molecule has 0 spiro atoms. The van der Waals surface area contributed by atoms with Crippen molar-refractivity contribution in [2.75, 3.05) is 6.61 Å². The van der Waals surface area contributed by atoms with Crippen LogP contribution in [0.1, 0.15) is 52.0 Å². The maximum absolute atomic E-state index is 13.2. The van der Waals surface area contributed by atoms with Gasteiger partial charge in [-0.25, -0.2) is 0 Å². The Labute approximate surface area is 201 Å². The summed E-state index contributed by atoms with van der Waals surface area (Å²) >= 11 is 11.9. The van der Waals surface area contributed by atoms with Crippen molar-refractivity contribution in [1.82, 2.24) is 10.2 Å². The van der Waals surface area contributed by atoms with Crippen LogP contribution in [0.5, 0.6) is 5.75 Å². The largest absolute Gasteiger partial charge is 0.494 e. The second kappa shape index (κ2) is 13.3. The van der Waals surface area contributed by atoms with Crippen molar-refractivity contribution in [2.45, 2.75) is 65.1 Å². The number of amides is 2. The highest BCUT2D eigenvalue weighted by molar-refractivity contribution is 6.30. The Bertz CT molecular complexity index is 856. The summed E-state index contributed by atoms with van der Waals surface area (Å²) in [5.41, 5.74) is 0.926. The number of rotatable bonds is 12. The smallest absolute Gasteiger partial charge is 0.243 e. The molecular formula is C25H32Cl2N2O3. The topological polar surface area (TPSA) is 58.6 Å². The van der Waals surface area contributed by atoms with Gasteiger partial charge >= 0.3 is 0 Å². The molecule has 2 rings (SSSR count). The molecule has 0 saturated carbocycles. The van der Waals surface area contributed by atoms with Gasteiger partial charge in [-0.3, -0.25) is 9.59 Å². The Morgan fingerprint density at radius 3 is 2.12 bits per heavy atom. The number of carbonyl (C=O) groups is 2. The normalized spacial score (nSPS) is 12.7. The fourth-order valence-corrected chi connectivity index (χ4v) is 3.49. The lowest BCUT2D eigenvalue weighted by Gasteiger charge is -2.31. The molecule has 0 radical (unpaired) electrons. The van der Waals surface area contributed by atoms with Gasteiger partial charge in [-0.05, 0) is 68.1 Å². The lowest BCUT2D eigenvalue weighted by Crippen LogP contribution is -2.50. The highest BCUT2D eigenvalue weighted by Crippen LogP contribution is 2.18. The van der Waals surface area contributed by atoms with Gasteiger partial charge in [0.1, 0.15) is 11.8 Å². The number of nitrogens with zero attached hydrogens (tertiary/aromatic N) is 1. The molecule has 0 saturated heterocycles. The summed E-state index contributed by atoms with van der Waals surface area (Å²) < 4.78 is 5.70. The lowest BCUT2D eigenvalue weighted by molar-refractivity contribution is -0.141. The lowest BCUT2D eigenvalue weighted by atomic mass is 10.1. The van der Waals surface area contributed by atoms with Gasteiger partial charge in [0, 0.05) is 29.1 Å². The van der Waals surface area contributed by atoms with E-state index in [1.54, 1.807) is 41.3 Å². The van der Waals surface area contributed by atoms with E-state index in [2.05, 4.69) is 5.32 Å². The molecule has 0 bridgehead atoms. The zero-order chi connectivity index (χ0) is 23.5. The SMILES string of the molecule is CC[C@@H](C)NC(=O)[C@H](CC)N(Cc1ccc(Cl)cc1)C(=O)CCCOc1ccc(Cl)cc1. The van der Waals surface area contributed by atoms with Gasteiger partial charge in [-0.2, -0.15) is 0 Å². The van der Waals surface area contributed by atoms with Gasteiger partial charge in [0.05, 0.1) is 6.61 Å². The standard InChI is InChI=1S/C25H32Cl2N2O3/c1-4-18(3)28-25(31)23(5-2)29(17-19-8-10-20(26)11-9-19)24(30)7-6-16-32-22-14-12-21(27)13-15-22/h8-15,18,23H,4-7,16-17H2,1-3H3,(H,28,31)/t18-,23+/m1/s1. The van der Waals surface area contributed by atoms with Gasteiger partial charge in [0.2, 0.25) is 11.8 Å². The van der Waals surface area contributed by atoms with Gasteiger partial charge < -0.3 is 15.0 Å². The van der Waals surface area contributed by atoms with Crippen LogP contribution in [0.15, 0.2) is 48.5 Å². The monoisotopic (exact) mass is 478 g/mol. The Morgan fingerprint density at radius 1 is 0.969 bits per heavy atom. The molecule has 0 fully saturated rings. The molecule has 0 aliphatic rings.